The van der Waals surface area contributed by atoms with E-state index in [1.54, 1.807) is 0 Å². The van der Waals surface area contributed by atoms with Gasteiger partial charge < -0.3 is 5.32 Å². The van der Waals surface area contributed by atoms with E-state index in [1.807, 2.05) is 20.8 Å². The zero-order chi connectivity index (χ0) is 14.6. The second-order valence-electron chi connectivity index (χ2n) is 4.84. The zero-order valence-electron chi connectivity index (χ0n) is 11.4. The maximum Gasteiger partial charge on any atom is 0.185 e. The quantitative estimate of drug-likeness (QED) is 0.578. The van der Waals surface area contributed by atoms with Crippen LogP contribution >= 0.6 is 0 Å². The Hall–Kier alpha value is -1.26. The van der Waals surface area contributed by atoms with Crippen molar-refractivity contribution in [3.05, 3.63) is 29.3 Å². The van der Waals surface area contributed by atoms with Gasteiger partial charge in [-0.1, -0.05) is 27.2 Å². The minimum atomic E-state index is -1.39. The van der Waals surface area contributed by atoms with Gasteiger partial charge in [-0.2, -0.15) is 0 Å². The lowest BCUT2D eigenvalue weighted by atomic mass is 9.97. The fourth-order valence-corrected chi connectivity index (χ4v) is 1.88. The van der Waals surface area contributed by atoms with Gasteiger partial charge >= 0.3 is 0 Å². The third-order valence-corrected chi connectivity index (χ3v) is 3.34. The summed E-state index contributed by atoms with van der Waals surface area (Å²) in [6, 6.07) is -0.00833. The van der Waals surface area contributed by atoms with E-state index in [9.17, 15) is 17.6 Å². The van der Waals surface area contributed by atoms with Crippen LogP contribution in [0, 0.1) is 29.2 Å². The van der Waals surface area contributed by atoms with Crippen LogP contribution in [0.5, 0.6) is 0 Å². The molecule has 0 amide bonds. The average molecular weight is 277 g/mol. The van der Waals surface area contributed by atoms with Gasteiger partial charge in [-0.05, 0) is 18.8 Å². The van der Waals surface area contributed by atoms with Crippen molar-refractivity contribution in [2.75, 3.05) is 5.32 Å². The van der Waals surface area contributed by atoms with Gasteiger partial charge in [0.15, 0.2) is 23.3 Å². The first kappa shape index (κ1) is 15.8. The predicted octanol–water partition coefficient (Wildman–Crippen LogP) is 4.87. The van der Waals surface area contributed by atoms with Gasteiger partial charge in [0, 0.05) is 12.1 Å². The summed E-state index contributed by atoms with van der Waals surface area (Å²) in [5, 5.41) is 2.58. The van der Waals surface area contributed by atoms with Crippen molar-refractivity contribution in [3.8, 4) is 0 Å². The molecule has 0 saturated heterocycles. The fourth-order valence-electron chi connectivity index (χ4n) is 1.88. The molecule has 5 heteroatoms. The number of anilines is 1. The second kappa shape index (κ2) is 6.78. The average Bonchev–Trinajstić information content (AvgIpc) is 2.39. The number of hydrogen-bond donors (Lipinski definition) is 1. The molecule has 1 nitrogen and oxygen atoms in total. The summed E-state index contributed by atoms with van der Waals surface area (Å²) in [7, 11) is 0. The predicted molar refractivity (Wildman–Crippen MR) is 68.0 cm³/mol. The van der Waals surface area contributed by atoms with E-state index in [-0.39, 0.29) is 12.1 Å². The molecule has 0 aliphatic rings. The molecular weight excluding hydrogens is 258 g/mol. The molecule has 2 unspecified atom stereocenters. The summed E-state index contributed by atoms with van der Waals surface area (Å²) < 4.78 is 53.2. The minimum absolute atomic E-state index is 0.214. The lowest BCUT2D eigenvalue weighted by Gasteiger charge is -2.22. The maximum atomic E-state index is 13.5. The van der Waals surface area contributed by atoms with Gasteiger partial charge in [0.25, 0.3) is 0 Å². The molecule has 0 radical (unpaired) electrons. The molecule has 0 aliphatic carbocycles. The van der Waals surface area contributed by atoms with Crippen molar-refractivity contribution in [2.24, 2.45) is 5.92 Å². The molecule has 0 saturated carbocycles. The Labute approximate surface area is 111 Å². The summed E-state index contributed by atoms with van der Waals surface area (Å²) in [5.74, 6) is -5.16. The third kappa shape index (κ3) is 3.85. The fraction of sp³-hybridized carbons (Fsp3) is 0.571. The summed E-state index contributed by atoms with van der Waals surface area (Å²) in [5.41, 5.74) is -0.715. The Bertz CT molecular complexity index is 408. The molecule has 0 aromatic heterocycles. The Balaban J connectivity index is 2.97. The molecule has 1 rings (SSSR count). The van der Waals surface area contributed by atoms with E-state index in [1.165, 1.54) is 0 Å². The van der Waals surface area contributed by atoms with Gasteiger partial charge in [0.05, 0.1) is 0 Å². The Morgan fingerprint density at radius 2 is 1.53 bits per heavy atom. The van der Waals surface area contributed by atoms with E-state index in [0.717, 1.165) is 6.42 Å². The summed E-state index contributed by atoms with van der Waals surface area (Å²) >= 11 is 0. The molecule has 1 N–H and O–H groups in total. The van der Waals surface area contributed by atoms with Crippen molar-refractivity contribution in [2.45, 2.75) is 46.1 Å². The maximum absolute atomic E-state index is 13.5. The summed E-state index contributed by atoms with van der Waals surface area (Å²) in [4.78, 5) is 0. The van der Waals surface area contributed by atoms with Crippen LogP contribution in [0.15, 0.2) is 6.07 Å². The lowest BCUT2D eigenvalue weighted by Crippen LogP contribution is -2.23. The van der Waals surface area contributed by atoms with Gasteiger partial charge in [-0.3, -0.25) is 0 Å². The largest absolute Gasteiger partial charge is 0.377 e. The molecule has 1 aromatic carbocycles. The molecule has 2 atom stereocenters. The number of halogens is 4. The first-order valence-electron chi connectivity index (χ1n) is 6.50. The SMILES string of the molecule is CCC(C)CC(CC)Nc1c(F)c(F)cc(F)c1F. The van der Waals surface area contributed by atoms with E-state index in [2.05, 4.69) is 5.32 Å². The highest BCUT2D eigenvalue weighted by atomic mass is 19.2. The monoisotopic (exact) mass is 277 g/mol. The molecule has 0 fully saturated rings. The topological polar surface area (TPSA) is 12.0 Å². The number of rotatable bonds is 6. The van der Waals surface area contributed by atoms with Crippen molar-refractivity contribution >= 4 is 5.69 Å². The highest BCUT2D eigenvalue weighted by Crippen LogP contribution is 2.26. The molecule has 19 heavy (non-hydrogen) atoms. The molecule has 0 heterocycles. The summed E-state index contributed by atoms with van der Waals surface area (Å²) in [6.45, 7) is 5.88. The molecule has 0 bridgehead atoms. The zero-order valence-corrected chi connectivity index (χ0v) is 11.4. The van der Waals surface area contributed by atoms with E-state index < -0.39 is 29.0 Å². The molecule has 0 aliphatic heterocycles. The van der Waals surface area contributed by atoms with Crippen LogP contribution in [0.1, 0.15) is 40.0 Å². The van der Waals surface area contributed by atoms with Crippen LogP contribution < -0.4 is 5.32 Å². The van der Waals surface area contributed by atoms with Crippen molar-refractivity contribution in [3.63, 3.8) is 0 Å². The smallest absolute Gasteiger partial charge is 0.185 e. The van der Waals surface area contributed by atoms with Crippen LogP contribution in [0.4, 0.5) is 23.2 Å². The van der Waals surface area contributed by atoms with Gasteiger partial charge in [0.2, 0.25) is 0 Å². The number of nitrogens with one attached hydrogen (secondary N) is 1. The van der Waals surface area contributed by atoms with Crippen molar-refractivity contribution in [1.82, 2.24) is 0 Å². The normalized spacial score (nSPS) is 14.3. The van der Waals surface area contributed by atoms with Gasteiger partial charge in [-0.15, -0.1) is 0 Å². The number of benzene rings is 1. The highest BCUT2D eigenvalue weighted by Gasteiger charge is 2.21. The minimum Gasteiger partial charge on any atom is -0.377 e. The molecule has 0 spiro atoms. The van der Waals surface area contributed by atoms with Gasteiger partial charge in [0.1, 0.15) is 5.69 Å². The first-order valence-corrected chi connectivity index (χ1v) is 6.50. The Kier molecular flexibility index (Phi) is 5.63. The summed E-state index contributed by atoms with van der Waals surface area (Å²) in [6.07, 6.45) is 2.23. The van der Waals surface area contributed by atoms with Crippen LogP contribution in [0.3, 0.4) is 0 Å². The second-order valence-corrected chi connectivity index (χ2v) is 4.84. The van der Waals surface area contributed by atoms with E-state index in [0.29, 0.717) is 18.8 Å². The van der Waals surface area contributed by atoms with Crippen LogP contribution in [0.2, 0.25) is 0 Å². The van der Waals surface area contributed by atoms with Gasteiger partial charge in [-0.25, -0.2) is 17.6 Å². The molecule has 1 aromatic rings. The van der Waals surface area contributed by atoms with Crippen LogP contribution in [-0.2, 0) is 0 Å². The van der Waals surface area contributed by atoms with Crippen molar-refractivity contribution in [1.29, 1.82) is 0 Å². The molecule has 108 valence electrons. The van der Waals surface area contributed by atoms with E-state index in [4.69, 9.17) is 0 Å². The number of hydrogen-bond acceptors (Lipinski definition) is 1. The first-order chi connectivity index (χ1) is 8.90. The van der Waals surface area contributed by atoms with Crippen LogP contribution in [-0.4, -0.2) is 6.04 Å². The van der Waals surface area contributed by atoms with E-state index >= 15 is 0 Å². The Morgan fingerprint density at radius 1 is 1.00 bits per heavy atom. The van der Waals surface area contributed by atoms with Crippen LogP contribution in [0.25, 0.3) is 0 Å². The highest BCUT2D eigenvalue weighted by molar-refractivity contribution is 5.48. The lowest BCUT2D eigenvalue weighted by molar-refractivity contribution is 0.440. The van der Waals surface area contributed by atoms with Crippen molar-refractivity contribution < 1.29 is 17.6 Å². The standard InChI is InChI=1S/C14H19F4N/c1-4-8(3)6-9(5-2)19-14-12(17)10(15)7-11(16)13(14)18/h7-9,19H,4-6H2,1-3H3. The third-order valence-electron chi connectivity index (χ3n) is 3.34. The Morgan fingerprint density at radius 3 is 1.95 bits per heavy atom. The molecular formula is C14H19F4N.